The number of ether oxygens (including phenoxy) is 2. The van der Waals surface area contributed by atoms with Crippen LogP contribution in [0.25, 0.3) is 0 Å². The SMILES string of the molecule is C=CCCC1(OC)C=CC(C)(OC)C1=O. The first-order valence-corrected chi connectivity index (χ1v) is 5.01. The number of hydrogen-bond donors (Lipinski definition) is 0. The first-order chi connectivity index (χ1) is 7.04. The Hall–Kier alpha value is -0.930. The Labute approximate surface area is 90.8 Å². The highest BCUT2D eigenvalue weighted by molar-refractivity contribution is 6.01. The summed E-state index contributed by atoms with van der Waals surface area (Å²) in [5.41, 5.74) is -1.68. The average Bonchev–Trinajstić information content (AvgIpc) is 2.52. The standard InChI is InChI=1S/C12H18O3/c1-5-6-7-12(15-4)9-8-11(2,14-3)10(12)13/h5,8-9H,1,6-7H2,2-4H3. The maximum Gasteiger partial charge on any atom is 0.203 e. The van der Waals surface area contributed by atoms with E-state index in [9.17, 15) is 4.79 Å². The van der Waals surface area contributed by atoms with E-state index in [-0.39, 0.29) is 5.78 Å². The van der Waals surface area contributed by atoms with Crippen molar-refractivity contribution in [1.29, 1.82) is 0 Å². The number of rotatable bonds is 5. The van der Waals surface area contributed by atoms with Crippen LogP contribution in [-0.4, -0.2) is 31.2 Å². The number of hydrogen-bond acceptors (Lipinski definition) is 3. The van der Waals surface area contributed by atoms with Gasteiger partial charge in [-0.25, -0.2) is 0 Å². The van der Waals surface area contributed by atoms with Crippen LogP contribution in [0.3, 0.4) is 0 Å². The normalized spacial score (nSPS) is 34.7. The Bertz CT molecular complexity index is 295. The fraction of sp³-hybridized carbons (Fsp3) is 0.583. The molecule has 0 aromatic rings. The first kappa shape index (κ1) is 12.1. The second kappa shape index (κ2) is 4.29. The van der Waals surface area contributed by atoms with E-state index >= 15 is 0 Å². The smallest absolute Gasteiger partial charge is 0.203 e. The van der Waals surface area contributed by atoms with Crippen LogP contribution in [0.1, 0.15) is 19.8 Å². The van der Waals surface area contributed by atoms with Crippen molar-refractivity contribution in [1.82, 2.24) is 0 Å². The molecule has 2 unspecified atom stereocenters. The summed E-state index contributed by atoms with van der Waals surface area (Å²) in [6.07, 6.45) is 6.69. The van der Waals surface area contributed by atoms with Gasteiger partial charge in [-0.3, -0.25) is 4.79 Å². The summed E-state index contributed by atoms with van der Waals surface area (Å²) in [6, 6.07) is 0. The number of methoxy groups -OCH3 is 2. The third-order valence-corrected chi connectivity index (χ3v) is 3.01. The molecular formula is C12H18O3. The largest absolute Gasteiger partial charge is 0.366 e. The minimum Gasteiger partial charge on any atom is -0.366 e. The van der Waals surface area contributed by atoms with Gasteiger partial charge in [-0.15, -0.1) is 6.58 Å². The third kappa shape index (κ3) is 1.90. The molecule has 2 atom stereocenters. The minimum atomic E-state index is -0.850. The monoisotopic (exact) mass is 210 g/mol. The van der Waals surface area contributed by atoms with Gasteiger partial charge in [0, 0.05) is 14.2 Å². The molecule has 3 nitrogen and oxygen atoms in total. The van der Waals surface area contributed by atoms with Crippen LogP contribution in [0.2, 0.25) is 0 Å². The predicted molar refractivity (Wildman–Crippen MR) is 58.7 cm³/mol. The Kier molecular flexibility index (Phi) is 3.47. The lowest BCUT2D eigenvalue weighted by Gasteiger charge is -2.28. The van der Waals surface area contributed by atoms with Crippen LogP contribution in [0.4, 0.5) is 0 Å². The topological polar surface area (TPSA) is 35.5 Å². The molecule has 0 saturated heterocycles. The molecule has 1 aliphatic carbocycles. The van der Waals surface area contributed by atoms with Crippen LogP contribution >= 0.6 is 0 Å². The molecule has 0 amide bonds. The summed E-state index contributed by atoms with van der Waals surface area (Å²) < 4.78 is 10.6. The van der Waals surface area contributed by atoms with Crippen molar-refractivity contribution in [2.24, 2.45) is 0 Å². The molecule has 0 radical (unpaired) electrons. The molecule has 0 bridgehead atoms. The van der Waals surface area contributed by atoms with E-state index in [1.165, 1.54) is 7.11 Å². The Morgan fingerprint density at radius 1 is 1.40 bits per heavy atom. The summed E-state index contributed by atoms with van der Waals surface area (Å²) in [5.74, 6) is -0.0400. The highest BCUT2D eigenvalue weighted by atomic mass is 16.5. The van der Waals surface area contributed by atoms with E-state index in [2.05, 4.69) is 6.58 Å². The second-order valence-corrected chi connectivity index (χ2v) is 3.89. The van der Waals surface area contributed by atoms with Crippen LogP contribution in [0, 0.1) is 0 Å². The maximum absolute atomic E-state index is 12.2. The number of carbonyl (C=O) groups excluding carboxylic acids is 1. The van der Waals surface area contributed by atoms with Crippen LogP contribution in [-0.2, 0) is 14.3 Å². The van der Waals surface area contributed by atoms with Gasteiger partial charge in [-0.05, 0) is 31.9 Å². The minimum absolute atomic E-state index is 0.0400. The zero-order valence-corrected chi connectivity index (χ0v) is 9.58. The zero-order chi connectivity index (χ0) is 11.5. The lowest BCUT2D eigenvalue weighted by Crippen LogP contribution is -2.46. The van der Waals surface area contributed by atoms with E-state index in [4.69, 9.17) is 9.47 Å². The molecule has 15 heavy (non-hydrogen) atoms. The van der Waals surface area contributed by atoms with E-state index in [1.54, 1.807) is 32.3 Å². The van der Waals surface area contributed by atoms with Gasteiger partial charge in [0.05, 0.1) is 0 Å². The molecule has 0 aromatic carbocycles. The predicted octanol–water partition coefficient (Wildman–Crippen LogP) is 1.88. The van der Waals surface area contributed by atoms with Crippen molar-refractivity contribution in [2.75, 3.05) is 14.2 Å². The van der Waals surface area contributed by atoms with Gasteiger partial charge < -0.3 is 9.47 Å². The molecule has 3 heteroatoms. The molecule has 84 valence electrons. The molecule has 0 fully saturated rings. The van der Waals surface area contributed by atoms with Gasteiger partial charge in [0.15, 0.2) is 0 Å². The molecule has 0 saturated carbocycles. The number of carbonyl (C=O) groups is 1. The quantitative estimate of drug-likeness (QED) is 0.650. The van der Waals surface area contributed by atoms with E-state index in [0.29, 0.717) is 6.42 Å². The number of Topliss-reactive ketones (excluding diaryl/α,β-unsaturated/α-hetero) is 1. The van der Waals surface area contributed by atoms with Crippen molar-refractivity contribution < 1.29 is 14.3 Å². The summed E-state index contributed by atoms with van der Waals surface area (Å²) in [5, 5.41) is 0. The zero-order valence-electron chi connectivity index (χ0n) is 9.58. The summed E-state index contributed by atoms with van der Waals surface area (Å²) >= 11 is 0. The van der Waals surface area contributed by atoms with Gasteiger partial charge >= 0.3 is 0 Å². The van der Waals surface area contributed by atoms with Crippen LogP contribution in [0.5, 0.6) is 0 Å². The van der Waals surface area contributed by atoms with E-state index in [0.717, 1.165) is 6.42 Å². The van der Waals surface area contributed by atoms with E-state index in [1.807, 2.05) is 0 Å². The molecule has 0 aliphatic heterocycles. The third-order valence-electron chi connectivity index (χ3n) is 3.01. The fourth-order valence-corrected chi connectivity index (χ4v) is 1.80. The van der Waals surface area contributed by atoms with Crippen molar-refractivity contribution in [3.63, 3.8) is 0 Å². The molecule has 0 spiro atoms. The molecule has 0 heterocycles. The number of ketones is 1. The Morgan fingerprint density at radius 3 is 2.47 bits per heavy atom. The fourth-order valence-electron chi connectivity index (χ4n) is 1.80. The van der Waals surface area contributed by atoms with E-state index < -0.39 is 11.2 Å². The highest BCUT2D eigenvalue weighted by Crippen LogP contribution is 2.35. The van der Waals surface area contributed by atoms with Crippen molar-refractivity contribution >= 4 is 5.78 Å². The summed E-state index contributed by atoms with van der Waals surface area (Å²) in [6.45, 7) is 5.40. The van der Waals surface area contributed by atoms with Gasteiger partial charge in [0.25, 0.3) is 0 Å². The van der Waals surface area contributed by atoms with Gasteiger partial charge in [-0.1, -0.05) is 6.08 Å². The van der Waals surface area contributed by atoms with Crippen LogP contribution in [0.15, 0.2) is 24.8 Å². The molecule has 0 aromatic heterocycles. The van der Waals surface area contributed by atoms with Crippen molar-refractivity contribution in [3.8, 4) is 0 Å². The lowest BCUT2D eigenvalue weighted by molar-refractivity contribution is -0.149. The number of allylic oxidation sites excluding steroid dienone is 1. The first-order valence-electron chi connectivity index (χ1n) is 5.01. The van der Waals surface area contributed by atoms with Gasteiger partial charge in [-0.2, -0.15) is 0 Å². The lowest BCUT2D eigenvalue weighted by atomic mass is 9.90. The summed E-state index contributed by atoms with van der Waals surface area (Å²) in [7, 11) is 3.08. The Morgan fingerprint density at radius 2 is 2.07 bits per heavy atom. The molecule has 0 N–H and O–H groups in total. The average molecular weight is 210 g/mol. The molecule has 1 aliphatic rings. The molecular weight excluding hydrogens is 192 g/mol. The van der Waals surface area contributed by atoms with Crippen LogP contribution < -0.4 is 0 Å². The Balaban J connectivity index is 2.91. The highest BCUT2D eigenvalue weighted by Gasteiger charge is 2.50. The van der Waals surface area contributed by atoms with Gasteiger partial charge in [0.2, 0.25) is 5.78 Å². The second-order valence-electron chi connectivity index (χ2n) is 3.89. The maximum atomic E-state index is 12.2. The van der Waals surface area contributed by atoms with Crippen molar-refractivity contribution in [3.05, 3.63) is 24.8 Å². The van der Waals surface area contributed by atoms with Crippen molar-refractivity contribution in [2.45, 2.75) is 31.0 Å². The van der Waals surface area contributed by atoms with Gasteiger partial charge in [0.1, 0.15) is 11.2 Å². The summed E-state index contributed by atoms with van der Waals surface area (Å²) in [4.78, 5) is 12.2. The molecule has 1 rings (SSSR count).